The lowest BCUT2D eigenvalue weighted by molar-refractivity contribution is -0.142. The Morgan fingerprint density at radius 3 is 2.58 bits per heavy atom. The monoisotopic (exact) mass is 346 g/mol. The van der Waals surface area contributed by atoms with Gasteiger partial charge in [-0.25, -0.2) is 0 Å². The number of carboxylic acids is 1. The van der Waals surface area contributed by atoms with E-state index < -0.39 is 11.9 Å². The molecule has 5 nitrogen and oxygen atoms in total. The summed E-state index contributed by atoms with van der Waals surface area (Å²) in [4.78, 5) is 29.1. The van der Waals surface area contributed by atoms with E-state index in [1.165, 1.54) is 0 Å². The van der Waals surface area contributed by atoms with E-state index in [1.807, 2.05) is 37.4 Å². The fourth-order valence-electron chi connectivity index (χ4n) is 2.51. The molecular formula is C18H22N2O3S. The summed E-state index contributed by atoms with van der Waals surface area (Å²) < 4.78 is 0. The van der Waals surface area contributed by atoms with Gasteiger partial charge < -0.3 is 10.4 Å². The van der Waals surface area contributed by atoms with Crippen LogP contribution in [0.2, 0.25) is 0 Å². The molecule has 0 aliphatic heterocycles. The number of carbonyl (C=O) groups is 2. The molecule has 2 N–H and O–H groups in total. The molecule has 0 saturated heterocycles. The van der Waals surface area contributed by atoms with Gasteiger partial charge in [0, 0.05) is 6.54 Å². The number of hydrogen-bond acceptors (Lipinski definition) is 4. The zero-order valence-electron chi connectivity index (χ0n) is 14.1. The van der Waals surface area contributed by atoms with Crippen molar-refractivity contribution in [3.8, 4) is 10.6 Å². The van der Waals surface area contributed by atoms with Gasteiger partial charge in [0.15, 0.2) is 0 Å². The Morgan fingerprint density at radius 2 is 2.04 bits per heavy atom. The summed E-state index contributed by atoms with van der Waals surface area (Å²) in [7, 11) is 0. The predicted octanol–water partition coefficient (Wildman–Crippen LogP) is 3.60. The molecule has 1 atom stereocenters. The van der Waals surface area contributed by atoms with Gasteiger partial charge >= 0.3 is 5.97 Å². The lowest BCUT2D eigenvalue weighted by atomic mass is 9.97. The van der Waals surface area contributed by atoms with Gasteiger partial charge in [-0.2, -0.15) is 0 Å². The van der Waals surface area contributed by atoms with E-state index in [0.29, 0.717) is 17.7 Å². The quantitative estimate of drug-likeness (QED) is 0.803. The molecule has 2 rings (SSSR count). The van der Waals surface area contributed by atoms with Crippen molar-refractivity contribution in [2.45, 2.75) is 27.2 Å². The average molecular weight is 346 g/mol. The molecule has 0 saturated carbocycles. The van der Waals surface area contributed by atoms with Crippen LogP contribution in [-0.4, -0.2) is 28.5 Å². The SMILES string of the molecule is Cc1nc(-c2cccs2)ccc1C(=O)NCC(CC(C)C)C(=O)O. The molecule has 2 aromatic rings. The Morgan fingerprint density at radius 1 is 1.29 bits per heavy atom. The number of aryl methyl sites for hydroxylation is 1. The number of nitrogens with one attached hydrogen (secondary N) is 1. The average Bonchev–Trinajstić information content (AvgIpc) is 3.04. The number of nitrogens with zero attached hydrogens (tertiary/aromatic N) is 1. The van der Waals surface area contributed by atoms with Crippen LogP contribution in [0.25, 0.3) is 10.6 Å². The second-order valence-corrected chi connectivity index (χ2v) is 7.13. The highest BCUT2D eigenvalue weighted by atomic mass is 32.1. The third-order valence-corrected chi connectivity index (χ3v) is 4.61. The minimum Gasteiger partial charge on any atom is -0.481 e. The lowest BCUT2D eigenvalue weighted by Crippen LogP contribution is -2.34. The second-order valence-electron chi connectivity index (χ2n) is 6.18. The molecule has 0 aliphatic rings. The van der Waals surface area contributed by atoms with Gasteiger partial charge in [-0.05, 0) is 42.8 Å². The molecule has 24 heavy (non-hydrogen) atoms. The summed E-state index contributed by atoms with van der Waals surface area (Å²) in [5.74, 6) is -1.48. The van der Waals surface area contributed by atoms with Crippen LogP contribution in [0.1, 0.15) is 36.3 Å². The summed E-state index contributed by atoms with van der Waals surface area (Å²) >= 11 is 1.59. The maximum Gasteiger partial charge on any atom is 0.308 e. The smallest absolute Gasteiger partial charge is 0.308 e. The van der Waals surface area contributed by atoms with Crippen LogP contribution in [0, 0.1) is 18.8 Å². The van der Waals surface area contributed by atoms with E-state index in [-0.39, 0.29) is 18.4 Å². The van der Waals surface area contributed by atoms with Crippen molar-refractivity contribution in [3.63, 3.8) is 0 Å². The molecular weight excluding hydrogens is 324 g/mol. The third-order valence-electron chi connectivity index (χ3n) is 3.72. The Hall–Kier alpha value is -2.21. The molecule has 0 aromatic carbocycles. The zero-order chi connectivity index (χ0) is 17.7. The zero-order valence-corrected chi connectivity index (χ0v) is 14.9. The summed E-state index contributed by atoms with van der Waals surface area (Å²) in [6, 6.07) is 7.50. The van der Waals surface area contributed by atoms with Crippen LogP contribution in [0.3, 0.4) is 0 Å². The molecule has 1 unspecified atom stereocenters. The van der Waals surface area contributed by atoms with Gasteiger partial charge in [-0.15, -0.1) is 11.3 Å². The highest BCUT2D eigenvalue weighted by molar-refractivity contribution is 7.13. The van der Waals surface area contributed by atoms with Crippen molar-refractivity contribution in [1.29, 1.82) is 0 Å². The molecule has 0 aliphatic carbocycles. The molecule has 2 heterocycles. The van der Waals surface area contributed by atoms with Gasteiger partial charge in [-0.1, -0.05) is 19.9 Å². The van der Waals surface area contributed by atoms with Crippen molar-refractivity contribution >= 4 is 23.2 Å². The second kappa shape index (κ2) is 8.06. The summed E-state index contributed by atoms with van der Waals surface area (Å²) in [5, 5.41) is 13.9. The van der Waals surface area contributed by atoms with E-state index in [9.17, 15) is 14.7 Å². The summed E-state index contributed by atoms with van der Waals surface area (Å²) in [6.07, 6.45) is 0.532. The lowest BCUT2D eigenvalue weighted by Gasteiger charge is -2.16. The van der Waals surface area contributed by atoms with E-state index in [1.54, 1.807) is 24.3 Å². The van der Waals surface area contributed by atoms with Crippen LogP contribution in [0.15, 0.2) is 29.6 Å². The first-order valence-electron chi connectivity index (χ1n) is 7.91. The Bertz CT molecular complexity index is 711. The predicted molar refractivity (Wildman–Crippen MR) is 95.2 cm³/mol. The van der Waals surface area contributed by atoms with Crippen LogP contribution in [0.5, 0.6) is 0 Å². The molecule has 0 bridgehead atoms. The van der Waals surface area contributed by atoms with E-state index in [2.05, 4.69) is 10.3 Å². The van der Waals surface area contributed by atoms with Crippen molar-refractivity contribution in [3.05, 3.63) is 40.9 Å². The maximum atomic E-state index is 12.3. The van der Waals surface area contributed by atoms with Gasteiger partial charge in [0.25, 0.3) is 5.91 Å². The third kappa shape index (κ3) is 4.64. The first-order chi connectivity index (χ1) is 11.4. The first kappa shape index (κ1) is 18.1. The first-order valence-corrected chi connectivity index (χ1v) is 8.79. The van der Waals surface area contributed by atoms with Crippen molar-refractivity contribution in [2.24, 2.45) is 11.8 Å². The number of thiophene rings is 1. The minimum absolute atomic E-state index is 0.123. The summed E-state index contributed by atoms with van der Waals surface area (Å²) in [5.41, 5.74) is 1.94. The molecule has 2 aromatic heterocycles. The number of rotatable bonds is 7. The van der Waals surface area contributed by atoms with Crippen molar-refractivity contribution in [2.75, 3.05) is 6.54 Å². The Labute approximate surface area is 145 Å². The fourth-order valence-corrected chi connectivity index (χ4v) is 3.21. The van der Waals surface area contributed by atoms with Gasteiger partial charge in [0.1, 0.15) is 0 Å². The molecule has 1 amide bonds. The maximum absolute atomic E-state index is 12.3. The van der Waals surface area contributed by atoms with Crippen molar-refractivity contribution < 1.29 is 14.7 Å². The Balaban J connectivity index is 2.05. The van der Waals surface area contributed by atoms with Crippen molar-refractivity contribution in [1.82, 2.24) is 10.3 Å². The fraction of sp³-hybridized carbons (Fsp3) is 0.389. The largest absolute Gasteiger partial charge is 0.481 e. The molecule has 6 heteroatoms. The number of aliphatic carboxylic acids is 1. The van der Waals surface area contributed by atoms with Crippen LogP contribution >= 0.6 is 11.3 Å². The normalized spacial score (nSPS) is 12.2. The van der Waals surface area contributed by atoms with Crippen LogP contribution in [0.4, 0.5) is 0 Å². The van der Waals surface area contributed by atoms with Gasteiger partial charge in [0.05, 0.1) is 27.7 Å². The molecule has 0 spiro atoms. The number of aromatic nitrogens is 1. The molecule has 128 valence electrons. The highest BCUT2D eigenvalue weighted by Gasteiger charge is 2.20. The van der Waals surface area contributed by atoms with E-state index in [4.69, 9.17) is 0 Å². The molecule has 0 fully saturated rings. The number of hydrogen-bond donors (Lipinski definition) is 2. The topological polar surface area (TPSA) is 79.3 Å². The standard InChI is InChI=1S/C18H22N2O3S/c1-11(2)9-13(18(22)23)10-19-17(21)14-6-7-15(20-12(14)3)16-5-4-8-24-16/h4-8,11,13H,9-10H2,1-3H3,(H,19,21)(H,22,23). The Kier molecular flexibility index (Phi) is 6.09. The van der Waals surface area contributed by atoms with Gasteiger partial charge in [0.2, 0.25) is 0 Å². The van der Waals surface area contributed by atoms with E-state index in [0.717, 1.165) is 10.6 Å². The number of amides is 1. The number of carboxylic acid groups (broad SMARTS) is 1. The summed E-state index contributed by atoms with van der Waals surface area (Å²) in [6.45, 7) is 5.84. The number of carbonyl (C=O) groups excluding carboxylic acids is 1. The van der Waals surface area contributed by atoms with Crippen LogP contribution < -0.4 is 5.32 Å². The van der Waals surface area contributed by atoms with Gasteiger partial charge in [-0.3, -0.25) is 14.6 Å². The van der Waals surface area contributed by atoms with E-state index >= 15 is 0 Å². The van der Waals surface area contributed by atoms with Crippen LogP contribution in [-0.2, 0) is 4.79 Å². The molecule has 0 radical (unpaired) electrons. The highest BCUT2D eigenvalue weighted by Crippen LogP contribution is 2.23. The number of pyridine rings is 1. The minimum atomic E-state index is -0.883.